The van der Waals surface area contributed by atoms with Crippen LogP contribution in [0.4, 0.5) is 13.2 Å². The summed E-state index contributed by atoms with van der Waals surface area (Å²) in [4.78, 5) is 2.80. The molecule has 0 atom stereocenters. The number of halogens is 4. The molecule has 7 heteroatoms. The zero-order valence-corrected chi connectivity index (χ0v) is 12.7. The summed E-state index contributed by atoms with van der Waals surface area (Å²) in [7, 11) is 0. The van der Waals surface area contributed by atoms with Crippen molar-refractivity contribution in [2.75, 3.05) is 0 Å². The van der Waals surface area contributed by atoms with E-state index >= 15 is 0 Å². The van der Waals surface area contributed by atoms with Crippen molar-refractivity contribution in [1.29, 1.82) is 5.26 Å². The first kappa shape index (κ1) is 15.1. The van der Waals surface area contributed by atoms with E-state index in [0.29, 0.717) is 14.7 Å². The van der Waals surface area contributed by atoms with Crippen molar-refractivity contribution in [1.82, 2.24) is 4.98 Å². The molecule has 20 heavy (non-hydrogen) atoms. The van der Waals surface area contributed by atoms with E-state index in [1.165, 1.54) is 19.9 Å². The zero-order chi connectivity index (χ0) is 15.3. The van der Waals surface area contributed by atoms with Gasteiger partial charge < -0.3 is 10.1 Å². The summed E-state index contributed by atoms with van der Waals surface area (Å²) in [5.74, 6) is 0. The fourth-order valence-corrected chi connectivity index (χ4v) is 3.20. The van der Waals surface area contributed by atoms with E-state index in [4.69, 9.17) is 5.26 Å². The minimum Gasteiger partial charge on any atom is -0.384 e. The minimum absolute atomic E-state index is 0.248. The third-order valence-electron chi connectivity index (χ3n) is 2.91. The molecule has 0 fully saturated rings. The van der Waals surface area contributed by atoms with Crippen LogP contribution in [0, 0.1) is 14.9 Å². The normalized spacial score (nSPS) is 12.7. The second-order valence-corrected chi connectivity index (χ2v) is 6.00. The fraction of sp³-hybridized carbons (Fsp3) is 0.308. The van der Waals surface area contributed by atoms with Crippen LogP contribution in [0.1, 0.15) is 30.7 Å². The third kappa shape index (κ3) is 2.50. The van der Waals surface area contributed by atoms with Crippen LogP contribution in [0.2, 0.25) is 0 Å². The molecular formula is C13H10F3IN2O. The predicted octanol–water partition coefficient (Wildman–Crippen LogP) is 3.89. The molecule has 0 spiro atoms. The molecule has 0 aliphatic heterocycles. The summed E-state index contributed by atoms with van der Waals surface area (Å²) in [5.41, 5.74) is -1.94. The number of H-pyrrole nitrogens is 1. The number of hydrogen-bond acceptors (Lipinski definition) is 2. The molecule has 1 heterocycles. The van der Waals surface area contributed by atoms with Crippen molar-refractivity contribution in [3.8, 4) is 6.07 Å². The number of rotatable bonds is 1. The Morgan fingerprint density at radius 1 is 1.30 bits per heavy atom. The monoisotopic (exact) mass is 394 g/mol. The van der Waals surface area contributed by atoms with E-state index in [9.17, 15) is 18.3 Å². The molecule has 0 aliphatic carbocycles. The maximum atomic E-state index is 12.9. The first-order valence-electron chi connectivity index (χ1n) is 5.61. The van der Waals surface area contributed by atoms with E-state index in [1.807, 2.05) is 22.6 Å². The first-order chi connectivity index (χ1) is 9.05. The SMILES string of the molecule is CC(C)(O)c1[nH]c2cc(C(F)(F)F)c(C#N)cc2c1I. The second kappa shape index (κ2) is 4.63. The van der Waals surface area contributed by atoms with Gasteiger partial charge in [0.05, 0.1) is 28.5 Å². The summed E-state index contributed by atoms with van der Waals surface area (Å²) in [6.07, 6.45) is -4.59. The van der Waals surface area contributed by atoms with Gasteiger partial charge in [0.2, 0.25) is 0 Å². The molecule has 0 bridgehead atoms. The number of nitrogens with one attached hydrogen (secondary N) is 1. The van der Waals surface area contributed by atoms with Crippen LogP contribution in [0.25, 0.3) is 10.9 Å². The average molecular weight is 394 g/mol. The van der Waals surface area contributed by atoms with Gasteiger partial charge in [-0.1, -0.05) is 0 Å². The number of aliphatic hydroxyl groups is 1. The van der Waals surface area contributed by atoms with Crippen molar-refractivity contribution in [3.05, 3.63) is 32.5 Å². The van der Waals surface area contributed by atoms with Gasteiger partial charge in [-0.3, -0.25) is 0 Å². The number of aromatic nitrogens is 1. The van der Waals surface area contributed by atoms with Gasteiger partial charge in [0.15, 0.2) is 0 Å². The molecular weight excluding hydrogens is 384 g/mol. The van der Waals surface area contributed by atoms with Crippen LogP contribution in [0.5, 0.6) is 0 Å². The maximum Gasteiger partial charge on any atom is 0.417 e. The third-order valence-corrected chi connectivity index (χ3v) is 4.03. The molecule has 0 saturated heterocycles. The summed E-state index contributed by atoms with van der Waals surface area (Å²) >= 11 is 1.94. The Kier molecular flexibility index (Phi) is 3.50. The largest absolute Gasteiger partial charge is 0.417 e. The van der Waals surface area contributed by atoms with Crippen molar-refractivity contribution in [3.63, 3.8) is 0 Å². The van der Waals surface area contributed by atoms with Gasteiger partial charge >= 0.3 is 6.18 Å². The Hall–Kier alpha value is -1.27. The van der Waals surface area contributed by atoms with Gasteiger partial charge in [0, 0.05) is 14.5 Å². The lowest BCUT2D eigenvalue weighted by Gasteiger charge is -2.15. The van der Waals surface area contributed by atoms with Crippen LogP contribution in [0.3, 0.4) is 0 Å². The lowest BCUT2D eigenvalue weighted by molar-refractivity contribution is -0.137. The highest BCUT2D eigenvalue weighted by atomic mass is 127. The Morgan fingerprint density at radius 3 is 2.35 bits per heavy atom. The standard InChI is InChI=1S/C13H10F3IN2O/c1-12(2,20)11-10(17)7-3-6(5-18)8(13(14,15)16)4-9(7)19-11/h3-4,19-20H,1-2H3. The van der Waals surface area contributed by atoms with E-state index in [2.05, 4.69) is 4.98 Å². The highest BCUT2D eigenvalue weighted by molar-refractivity contribution is 14.1. The van der Waals surface area contributed by atoms with Crippen molar-refractivity contribution < 1.29 is 18.3 Å². The number of aromatic amines is 1. The van der Waals surface area contributed by atoms with Crippen molar-refractivity contribution >= 4 is 33.5 Å². The number of nitrogens with zero attached hydrogens (tertiary/aromatic N) is 1. The second-order valence-electron chi connectivity index (χ2n) is 4.93. The molecule has 3 nitrogen and oxygen atoms in total. The van der Waals surface area contributed by atoms with Crippen molar-refractivity contribution in [2.45, 2.75) is 25.6 Å². The number of hydrogen-bond donors (Lipinski definition) is 2. The summed E-state index contributed by atoms with van der Waals surface area (Å²) in [6, 6.07) is 3.68. The molecule has 1 aromatic carbocycles. The molecule has 0 unspecified atom stereocenters. The van der Waals surface area contributed by atoms with Crippen LogP contribution >= 0.6 is 22.6 Å². The zero-order valence-electron chi connectivity index (χ0n) is 10.6. The fourth-order valence-electron chi connectivity index (χ4n) is 1.96. The lowest BCUT2D eigenvalue weighted by Crippen LogP contribution is -2.17. The van der Waals surface area contributed by atoms with Gasteiger partial charge in [-0.15, -0.1) is 0 Å². The quantitative estimate of drug-likeness (QED) is 0.722. The van der Waals surface area contributed by atoms with Crippen LogP contribution < -0.4 is 0 Å². The van der Waals surface area contributed by atoms with Crippen molar-refractivity contribution in [2.24, 2.45) is 0 Å². The van der Waals surface area contributed by atoms with E-state index in [0.717, 1.165) is 6.07 Å². The van der Waals surface area contributed by atoms with E-state index in [-0.39, 0.29) is 5.52 Å². The molecule has 2 aromatic rings. The predicted molar refractivity (Wildman–Crippen MR) is 76.0 cm³/mol. The number of alkyl halides is 3. The van der Waals surface area contributed by atoms with Gasteiger partial charge in [-0.05, 0) is 48.6 Å². The Morgan fingerprint density at radius 2 is 1.90 bits per heavy atom. The van der Waals surface area contributed by atoms with Gasteiger partial charge in [0.1, 0.15) is 0 Å². The number of fused-ring (bicyclic) bond motifs is 1. The van der Waals surface area contributed by atoms with Crippen LogP contribution in [-0.2, 0) is 11.8 Å². The van der Waals surface area contributed by atoms with Crippen LogP contribution in [-0.4, -0.2) is 10.1 Å². The molecule has 0 aliphatic rings. The highest BCUT2D eigenvalue weighted by Crippen LogP contribution is 2.37. The molecule has 2 N–H and O–H groups in total. The highest BCUT2D eigenvalue weighted by Gasteiger charge is 2.35. The summed E-state index contributed by atoms with van der Waals surface area (Å²) in [6.45, 7) is 3.07. The number of nitriles is 1. The smallest absolute Gasteiger partial charge is 0.384 e. The topological polar surface area (TPSA) is 59.8 Å². The minimum atomic E-state index is -4.59. The summed E-state index contributed by atoms with van der Waals surface area (Å²) in [5, 5.41) is 19.4. The van der Waals surface area contributed by atoms with Gasteiger partial charge in [0.25, 0.3) is 0 Å². The van der Waals surface area contributed by atoms with Gasteiger partial charge in [-0.2, -0.15) is 18.4 Å². The van der Waals surface area contributed by atoms with E-state index in [1.54, 1.807) is 6.07 Å². The molecule has 0 amide bonds. The van der Waals surface area contributed by atoms with Crippen LogP contribution in [0.15, 0.2) is 12.1 Å². The molecule has 2 rings (SSSR count). The van der Waals surface area contributed by atoms with E-state index < -0.39 is 22.9 Å². The molecule has 106 valence electrons. The number of benzene rings is 1. The Bertz CT molecular complexity index is 720. The average Bonchev–Trinajstić information content (AvgIpc) is 2.63. The summed E-state index contributed by atoms with van der Waals surface area (Å²) < 4.78 is 39.3. The Labute approximate surface area is 126 Å². The Balaban J connectivity index is 2.82. The maximum absolute atomic E-state index is 12.9. The van der Waals surface area contributed by atoms with Gasteiger partial charge in [-0.25, -0.2) is 0 Å². The molecule has 0 saturated carbocycles. The first-order valence-corrected chi connectivity index (χ1v) is 6.69. The molecule has 1 aromatic heterocycles. The molecule has 0 radical (unpaired) electrons. The lowest BCUT2D eigenvalue weighted by atomic mass is 10.0.